The predicted octanol–water partition coefficient (Wildman–Crippen LogP) is 2.72. The third-order valence-corrected chi connectivity index (χ3v) is 10.6. The Hall–Kier alpha value is -5.71. The summed E-state index contributed by atoms with van der Waals surface area (Å²) < 4.78 is 0. The molecule has 0 fully saturated rings. The molecule has 2 aromatic carbocycles. The summed E-state index contributed by atoms with van der Waals surface area (Å²) in [6.45, 7) is 1.27. The smallest absolute Gasteiger partial charge is 0.245 e. The molecule has 0 aliphatic carbocycles. The van der Waals surface area contributed by atoms with E-state index in [1.807, 2.05) is 0 Å². The lowest BCUT2D eigenvalue weighted by Crippen LogP contribution is -2.59. The molecule has 2 aromatic rings. The molecule has 63 heavy (non-hydrogen) atoms. The number of benzene rings is 2. The fourth-order valence-electron chi connectivity index (χ4n) is 6.94. The number of rotatable bonds is 33. The Kier molecular flexibility index (Phi) is 27.2. The number of amides is 6. The minimum atomic E-state index is -1.49. The summed E-state index contributed by atoms with van der Waals surface area (Å²) in [5.41, 5.74) is 6.58. The minimum Gasteiger partial charge on any atom is -0.508 e. The maximum atomic E-state index is 14.1. The van der Waals surface area contributed by atoms with E-state index in [1.54, 1.807) is 42.5 Å². The Labute approximate surface area is 372 Å². The molecule has 0 aliphatic rings. The third-order valence-electron chi connectivity index (χ3n) is 10.6. The number of hydrogen-bond acceptors (Lipinski definition) is 9. The van der Waals surface area contributed by atoms with E-state index in [9.17, 15) is 39.0 Å². The van der Waals surface area contributed by atoms with Crippen molar-refractivity contribution in [1.29, 1.82) is 5.41 Å². The molecule has 350 valence electrons. The second-order valence-corrected chi connectivity index (χ2v) is 15.9. The largest absolute Gasteiger partial charge is 0.508 e. The predicted molar refractivity (Wildman–Crippen MR) is 243 cm³/mol. The monoisotopic (exact) mass is 880 g/mol. The molecule has 0 aliphatic heterocycles. The number of carbonyl (C=O) groups is 6. The van der Waals surface area contributed by atoms with Crippen LogP contribution in [0.25, 0.3) is 0 Å². The second-order valence-electron chi connectivity index (χ2n) is 15.9. The molecule has 6 amide bonds. The number of likely N-dealkylation sites (N-methyl/N-ethyl adjacent to an activating group) is 1. The number of hydrogen-bond donors (Lipinski definition) is 11. The van der Waals surface area contributed by atoms with Crippen molar-refractivity contribution in [3.8, 4) is 5.75 Å². The van der Waals surface area contributed by atoms with Crippen molar-refractivity contribution in [1.82, 2.24) is 37.2 Å². The number of unbranched alkanes of at least 4 members (excludes halogenated alkanes) is 12. The zero-order chi connectivity index (χ0) is 46.2. The SMILES string of the molecule is CCCCCCCCCCCCCCCC(=O)NCC(=O)N[C@@H](CO)C(=O)N[C@@H](Cc1ccc(O)cc1)C(=O)N[C@@H](Cc1ccccc1)C(=O)N[C@@H](CCCNC(=N)N)C(=O)NC. The van der Waals surface area contributed by atoms with Crippen molar-refractivity contribution in [2.75, 3.05) is 26.7 Å². The quantitative estimate of drug-likeness (QED) is 0.0283. The lowest BCUT2D eigenvalue weighted by Gasteiger charge is -2.26. The summed E-state index contributed by atoms with van der Waals surface area (Å²) in [6, 6.07) is 9.75. The number of guanidine groups is 1. The summed E-state index contributed by atoms with van der Waals surface area (Å²) in [5, 5.41) is 45.5. The molecule has 0 bridgehead atoms. The lowest BCUT2D eigenvalue weighted by molar-refractivity contribution is -0.135. The molecule has 2 rings (SSSR count). The van der Waals surface area contributed by atoms with Gasteiger partial charge in [-0.25, -0.2) is 0 Å². The highest BCUT2D eigenvalue weighted by atomic mass is 16.3. The van der Waals surface area contributed by atoms with Crippen LogP contribution in [0.1, 0.15) is 121 Å². The van der Waals surface area contributed by atoms with Crippen LogP contribution in [0.15, 0.2) is 54.6 Å². The molecule has 0 saturated heterocycles. The van der Waals surface area contributed by atoms with E-state index >= 15 is 0 Å². The summed E-state index contributed by atoms with van der Waals surface area (Å²) in [4.78, 5) is 79.5. The van der Waals surface area contributed by atoms with Crippen LogP contribution >= 0.6 is 0 Å². The lowest BCUT2D eigenvalue weighted by atomic mass is 10.0. The van der Waals surface area contributed by atoms with Crippen LogP contribution in [0.5, 0.6) is 5.75 Å². The normalized spacial score (nSPS) is 12.7. The Morgan fingerprint density at radius 3 is 1.59 bits per heavy atom. The van der Waals surface area contributed by atoms with Gasteiger partial charge >= 0.3 is 0 Å². The zero-order valence-corrected chi connectivity index (χ0v) is 37.3. The number of nitrogens with one attached hydrogen (secondary N) is 8. The van der Waals surface area contributed by atoms with Gasteiger partial charge in [0.2, 0.25) is 35.4 Å². The van der Waals surface area contributed by atoms with Crippen molar-refractivity contribution in [2.24, 2.45) is 5.73 Å². The Morgan fingerprint density at radius 1 is 0.587 bits per heavy atom. The topological polar surface area (TPSA) is 277 Å². The number of aliphatic hydroxyl groups excluding tert-OH is 1. The van der Waals surface area contributed by atoms with Crippen LogP contribution in [0.4, 0.5) is 0 Å². The van der Waals surface area contributed by atoms with Crippen molar-refractivity contribution >= 4 is 41.4 Å². The van der Waals surface area contributed by atoms with Crippen LogP contribution < -0.4 is 43.0 Å². The van der Waals surface area contributed by atoms with Gasteiger partial charge in [-0.3, -0.25) is 34.2 Å². The standard InChI is InChI=1S/C46H73N9O8/c1-3-4-5-6-7-8-9-10-11-12-13-14-18-23-40(58)51-31-41(59)52-39(32-56)45(63)55-38(30-34-24-26-35(57)27-25-34)44(62)54-37(29-33-20-16-15-17-21-33)43(61)53-36(42(60)49-2)22-19-28-50-46(47)48/h15-17,20-21,24-27,36-39,56-57H,3-14,18-19,22-23,28-32H2,1-2H3,(H,49,60)(H,51,58)(H,52,59)(H,53,61)(H,54,62)(H,55,63)(H4,47,48,50)/t36-,37-,38-,39-/m0/s1. The Balaban J connectivity index is 2.03. The maximum Gasteiger partial charge on any atom is 0.245 e. The van der Waals surface area contributed by atoms with Crippen molar-refractivity contribution in [2.45, 2.75) is 147 Å². The highest BCUT2D eigenvalue weighted by Gasteiger charge is 2.31. The molecule has 17 heteroatoms. The highest BCUT2D eigenvalue weighted by molar-refractivity contribution is 5.96. The van der Waals surface area contributed by atoms with Crippen LogP contribution in [-0.2, 0) is 41.6 Å². The van der Waals surface area contributed by atoms with E-state index in [0.717, 1.165) is 19.3 Å². The third kappa shape index (κ3) is 23.9. The van der Waals surface area contributed by atoms with E-state index in [0.29, 0.717) is 24.0 Å². The van der Waals surface area contributed by atoms with Gasteiger partial charge in [-0.15, -0.1) is 0 Å². The van der Waals surface area contributed by atoms with E-state index in [1.165, 1.54) is 77.0 Å². The van der Waals surface area contributed by atoms with Gasteiger partial charge in [-0.2, -0.15) is 0 Å². The number of aromatic hydroxyl groups is 1. The molecule has 0 aromatic heterocycles. The van der Waals surface area contributed by atoms with E-state index < -0.39 is 66.9 Å². The van der Waals surface area contributed by atoms with Crippen molar-refractivity contribution in [3.63, 3.8) is 0 Å². The van der Waals surface area contributed by atoms with Crippen molar-refractivity contribution in [3.05, 3.63) is 65.7 Å². The molecule has 0 unspecified atom stereocenters. The first-order chi connectivity index (χ1) is 30.4. The van der Waals surface area contributed by atoms with Gasteiger partial charge in [0.05, 0.1) is 13.2 Å². The summed E-state index contributed by atoms with van der Waals surface area (Å²) in [7, 11) is 1.43. The molecule has 17 nitrogen and oxygen atoms in total. The first kappa shape index (κ1) is 53.4. The number of phenols is 1. The van der Waals surface area contributed by atoms with Crippen LogP contribution in [0, 0.1) is 5.41 Å². The highest BCUT2D eigenvalue weighted by Crippen LogP contribution is 2.14. The minimum absolute atomic E-state index is 0.0189. The number of aliphatic hydroxyl groups is 1. The fraction of sp³-hybridized carbons (Fsp3) is 0.587. The van der Waals surface area contributed by atoms with Gasteiger partial charge in [-0.05, 0) is 42.5 Å². The van der Waals surface area contributed by atoms with Crippen LogP contribution in [0.3, 0.4) is 0 Å². The molecule has 12 N–H and O–H groups in total. The average Bonchev–Trinajstić information content (AvgIpc) is 3.27. The maximum absolute atomic E-state index is 14.1. The first-order valence-electron chi connectivity index (χ1n) is 22.6. The molecule has 0 radical (unpaired) electrons. The fourth-order valence-corrected chi connectivity index (χ4v) is 6.94. The van der Waals surface area contributed by atoms with Gasteiger partial charge in [0.25, 0.3) is 0 Å². The van der Waals surface area contributed by atoms with Gasteiger partial charge in [0.15, 0.2) is 5.96 Å². The number of nitrogens with two attached hydrogens (primary N) is 1. The molecular formula is C46H73N9O8. The van der Waals surface area contributed by atoms with Crippen LogP contribution in [-0.4, -0.2) is 103 Å². The molecule has 0 spiro atoms. The first-order valence-corrected chi connectivity index (χ1v) is 22.6. The molecule has 4 atom stereocenters. The zero-order valence-electron chi connectivity index (χ0n) is 37.3. The Bertz CT molecular complexity index is 1680. The van der Waals surface area contributed by atoms with E-state index in [4.69, 9.17) is 11.1 Å². The molecule has 0 heterocycles. The average molecular weight is 880 g/mol. The molecular weight excluding hydrogens is 807 g/mol. The van der Waals surface area contributed by atoms with E-state index in [-0.39, 0.29) is 49.8 Å². The van der Waals surface area contributed by atoms with Gasteiger partial charge < -0.3 is 53.2 Å². The summed E-state index contributed by atoms with van der Waals surface area (Å²) >= 11 is 0. The van der Waals surface area contributed by atoms with Gasteiger partial charge in [-0.1, -0.05) is 126 Å². The Morgan fingerprint density at radius 2 is 1.08 bits per heavy atom. The second kappa shape index (κ2) is 32.0. The molecule has 0 saturated carbocycles. The number of phenolic OH excluding ortho intramolecular Hbond substituents is 1. The number of carbonyl (C=O) groups excluding carboxylic acids is 6. The van der Waals surface area contributed by atoms with Gasteiger partial charge in [0, 0.05) is 32.9 Å². The van der Waals surface area contributed by atoms with Crippen molar-refractivity contribution < 1.29 is 39.0 Å². The van der Waals surface area contributed by atoms with Crippen LogP contribution in [0.2, 0.25) is 0 Å². The van der Waals surface area contributed by atoms with Gasteiger partial charge in [0.1, 0.15) is 29.9 Å². The van der Waals surface area contributed by atoms with E-state index in [2.05, 4.69) is 44.1 Å². The summed E-state index contributed by atoms with van der Waals surface area (Å²) in [6.07, 6.45) is 16.1. The summed E-state index contributed by atoms with van der Waals surface area (Å²) in [5.74, 6) is -4.10.